The molecule has 0 aliphatic rings. The van der Waals surface area contributed by atoms with E-state index in [1.54, 1.807) is 0 Å². The topological polar surface area (TPSA) is 200 Å². The summed E-state index contributed by atoms with van der Waals surface area (Å²) < 4.78 is 0. The highest BCUT2D eigenvalue weighted by molar-refractivity contribution is 5.92. The summed E-state index contributed by atoms with van der Waals surface area (Å²) in [6.07, 6.45) is 2.11. The number of carboxylic acids is 1. The minimum Gasteiger partial charge on any atom is -0.480 e. The zero-order valence-electron chi connectivity index (χ0n) is 17.2. The Labute approximate surface area is 174 Å². The van der Waals surface area contributed by atoms with Crippen LogP contribution in [0.25, 0.3) is 0 Å². The van der Waals surface area contributed by atoms with E-state index in [0.29, 0.717) is 12.1 Å². The number of aromatic amines is 1. The van der Waals surface area contributed by atoms with Crippen LogP contribution in [0, 0.1) is 5.92 Å². The smallest absolute Gasteiger partial charge is 0.328 e. The maximum Gasteiger partial charge on any atom is 0.328 e. The lowest BCUT2D eigenvalue weighted by molar-refractivity contribution is -0.144. The van der Waals surface area contributed by atoms with Gasteiger partial charge in [0.05, 0.1) is 25.0 Å². The van der Waals surface area contributed by atoms with Crippen LogP contribution in [0.1, 0.15) is 32.9 Å². The molecule has 0 radical (unpaired) electrons. The third-order valence-corrected chi connectivity index (χ3v) is 4.16. The second kappa shape index (κ2) is 11.9. The molecule has 1 aromatic heterocycles. The van der Waals surface area contributed by atoms with Gasteiger partial charge in [0.1, 0.15) is 6.04 Å². The van der Waals surface area contributed by atoms with E-state index in [9.17, 15) is 24.3 Å². The summed E-state index contributed by atoms with van der Waals surface area (Å²) in [5.74, 6) is -3.19. The highest BCUT2D eigenvalue weighted by atomic mass is 16.4. The molecule has 12 nitrogen and oxygen atoms in total. The van der Waals surface area contributed by atoms with Crippen LogP contribution < -0.4 is 21.7 Å². The van der Waals surface area contributed by atoms with Crippen LogP contribution in [0.5, 0.6) is 0 Å². The largest absolute Gasteiger partial charge is 0.480 e. The highest BCUT2D eigenvalue weighted by Gasteiger charge is 2.27. The minimum absolute atomic E-state index is 0.0824. The fourth-order valence-corrected chi connectivity index (χ4v) is 2.62. The predicted octanol–water partition coefficient (Wildman–Crippen LogP) is -2.12. The Hall–Kier alpha value is -2.99. The molecule has 30 heavy (non-hydrogen) atoms. The summed E-state index contributed by atoms with van der Waals surface area (Å²) in [7, 11) is 0. The molecule has 0 fully saturated rings. The number of nitrogens with zero attached hydrogens (tertiary/aromatic N) is 1. The SMILES string of the molecule is CC(C)CC(N)C(=O)NC(Cc1cnc[nH]1)C(=O)NCC(=O)NC(C(=O)O)C(C)O. The number of rotatable bonds is 12. The van der Waals surface area contributed by atoms with E-state index in [2.05, 4.69) is 25.9 Å². The Kier molecular flexibility index (Phi) is 9.92. The van der Waals surface area contributed by atoms with Crippen molar-refractivity contribution in [1.82, 2.24) is 25.9 Å². The van der Waals surface area contributed by atoms with Gasteiger partial charge in [-0.2, -0.15) is 0 Å². The number of aliphatic hydroxyl groups excluding tert-OH is 1. The molecule has 3 amide bonds. The number of amides is 3. The minimum atomic E-state index is -1.51. The Morgan fingerprint density at radius 1 is 1.17 bits per heavy atom. The first-order chi connectivity index (χ1) is 14.0. The summed E-state index contributed by atoms with van der Waals surface area (Å²) in [5, 5.41) is 25.4. The molecule has 0 saturated carbocycles. The Bertz CT molecular complexity index is 721. The van der Waals surface area contributed by atoms with E-state index >= 15 is 0 Å². The number of aromatic nitrogens is 2. The van der Waals surface area contributed by atoms with E-state index in [0.717, 1.165) is 0 Å². The second-order valence-corrected chi connectivity index (χ2v) is 7.42. The van der Waals surface area contributed by atoms with Crippen LogP contribution in [0.3, 0.4) is 0 Å². The molecule has 1 rings (SSSR count). The first-order valence-corrected chi connectivity index (χ1v) is 9.52. The van der Waals surface area contributed by atoms with Crippen LogP contribution in [0.15, 0.2) is 12.5 Å². The van der Waals surface area contributed by atoms with Crippen LogP contribution in [0.4, 0.5) is 0 Å². The van der Waals surface area contributed by atoms with Crippen molar-refractivity contribution in [1.29, 1.82) is 0 Å². The van der Waals surface area contributed by atoms with Crippen molar-refractivity contribution in [2.24, 2.45) is 11.7 Å². The summed E-state index contributed by atoms with van der Waals surface area (Å²) in [4.78, 5) is 54.6. The molecule has 0 spiro atoms. The lowest BCUT2D eigenvalue weighted by Crippen LogP contribution is -2.55. The number of hydrogen-bond acceptors (Lipinski definition) is 7. The third kappa shape index (κ3) is 8.57. The van der Waals surface area contributed by atoms with Gasteiger partial charge in [0.2, 0.25) is 17.7 Å². The zero-order chi connectivity index (χ0) is 22.8. The number of imidazole rings is 1. The van der Waals surface area contributed by atoms with Gasteiger partial charge in [-0.05, 0) is 19.3 Å². The predicted molar refractivity (Wildman–Crippen MR) is 106 cm³/mol. The van der Waals surface area contributed by atoms with Crippen molar-refractivity contribution in [2.45, 2.75) is 57.8 Å². The van der Waals surface area contributed by atoms with Gasteiger partial charge < -0.3 is 36.9 Å². The summed E-state index contributed by atoms with van der Waals surface area (Å²) in [6, 6.07) is -3.34. The van der Waals surface area contributed by atoms with Gasteiger partial charge in [-0.15, -0.1) is 0 Å². The Morgan fingerprint density at radius 3 is 2.33 bits per heavy atom. The molecule has 0 saturated heterocycles. The highest BCUT2D eigenvalue weighted by Crippen LogP contribution is 2.05. The number of H-pyrrole nitrogens is 1. The molecule has 4 unspecified atom stereocenters. The number of carboxylic acid groups (broad SMARTS) is 1. The molecule has 168 valence electrons. The van der Waals surface area contributed by atoms with Gasteiger partial charge in [-0.1, -0.05) is 13.8 Å². The van der Waals surface area contributed by atoms with E-state index in [-0.39, 0.29) is 12.3 Å². The van der Waals surface area contributed by atoms with Crippen LogP contribution in [-0.2, 0) is 25.6 Å². The molecule has 0 aliphatic heterocycles. The molecule has 0 aromatic carbocycles. The van der Waals surface area contributed by atoms with Gasteiger partial charge in [0.15, 0.2) is 6.04 Å². The lowest BCUT2D eigenvalue weighted by atomic mass is 10.0. The van der Waals surface area contributed by atoms with Gasteiger partial charge in [-0.25, -0.2) is 9.78 Å². The number of nitrogens with two attached hydrogens (primary N) is 1. The van der Waals surface area contributed by atoms with Gasteiger partial charge in [0.25, 0.3) is 0 Å². The molecule has 1 aromatic rings. The van der Waals surface area contributed by atoms with Gasteiger partial charge in [0, 0.05) is 18.3 Å². The van der Waals surface area contributed by atoms with Gasteiger partial charge >= 0.3 is 5.97 Å². The Morgan fingerprint density at radius 2 is 1.83 bits per heavy atom. The quantitative estimate of drug-likeness (QED) is 0.196. The number of nitrogens with one attached hydrogen (secondary N) is 4. The van der Waals surface area contributed by atoms with Crippen molar-refractivity contribution in [3.8, 4) is 0 Å². The average Bonchev–Trinajstić information content (AvgIpc) is 3.15. The zero-order valence-corrected chi connectivity index (χ0v) is 17.2. The van der Waals surface area contributed by atoms with E-state index in [4.69, 9.17) is 10.8 Å². The van der Waals surface area contributed by atoms with Gasteiger partial charge in [-0.3, -0.25) is 14.4 Å². The lowest BCUT2D eigenvalue weighted by Gasteiger charge is -2.21. The molecular formula is C18H30N6O6. The summed E-state index contributed by atoms with van der Waals surface area (Å²) in [5.41, 5.74) is 6.45. The van der Waals surface area contributed by atoms with Crippen LogP contribution >= 0.6 is 0 Å². The second-order valence-electron chi connectivity index (χ2n) is 7.42. The van der Waals surface area contributed by atoms with Crippen molar-refractivity contribution in [3.05, 3.63) is 18.2 Å². The van der Waals surface area contributed by atoms with E-state index in [1.165, 1.54) is 19.4 Å². The molecule has 0 aliphatic carbocycles. The number of aliphatic carboxylic acids is 1. The molecular weight excluding hydrogens is 396 g/mol. The normalized spacial score (nSPS) is 15.0. The van der Waals surface area contributed by atoms with E-state index in [1.807, 2.05) is 13.8 Å². The van der Waals surface area contributed by atoms with Crippen molar-refractivity contribution < 1.29 is 29.4 Å². The maximum atomic E-state index is 12.6. The first-order valence-electron chi connectivity index (χ1n) is 9.52. The van der Waals surface area contributed by atoms with Crippen molar-refractivity contribution in [3.63, 3.8) is 0 Å². The summed E-state index contributed by atoms with van der Waals surface area (Å²) >= 11 is 0. The molecule has 1 heterocycles. The van der Waals surface area contributed by atoms with E-state index < -0.39 is 54.5 Å². The average molecular weight is 426 g/mol. The van der Waals surface area contributed by atoms with Crippen molar-refractivity contribution >= 4 is 23.7 Å². The van der Waals surface area contributed by atoms with Crippen LogP contribution in [0.2, 0.25) is 0 Å². The molecule has 4 atom stereocenters. The first kappa shape index (κ1) is 25.0. The van der Waals surface area contributed by atoms with Crippen molar-refractivity contribution in [2.75, 3.05) is 6.54 Å². The maximum absolute atomic E-state index is 12.6. The standard InChI is InChI=1S/C18H30N6O6/c1-9(2)4-12(19)16(27)23-13(5-11-6-20-8-22-11)17(28)21-7-14(26)24-15(10(3)25)18(29)30/h6,8-10,12-13,15,25H,4-5,7,19H2,1-3H3,(H,20,22)(H,21,28)(H,23,27)(H,24,26)(H,29,30). The number of carbonyl (C=O) groups excluding carboxylic acids is 3. The number of aliphatic hydroxyl groups is 1. The summed E-state index contributed by atoms with van der Waals surface area (Å²) in [6.45, 7) is 4.51. The third-order valence-electron chi connectivity index (χ3n) is 4.16. The van der Waals surface area contributed by atoms with Crippen LogP contribution in [-0.4, -0.2) is 74.6 Å². The fraction of sp³-hybridized carbons (Fsp3) is 0.611. The molecule has 0 bridgehead atoms. The number of carbonyl (C=O) groups is 4. The molecule has 8 N–H and O–H groups in total. The Balaban J connectivity index is 2.74. The number of hydrogen-bond donors (Lipinski definition) is 7. The fourth-order valence-electron chi connectivity index (χ4n) is 2.62. The monoisotopic (exact) mass is 426 g/mol. The molecule has 12 heteroatoms.